The van der Waals surface area contributed by atoms with Gasteiger partial charge in [-0.15, -0.1) is 11.8 Å². The lowest BCUT2D eigenvalue weighted by atomic mass is 10.00. The number of benzene rings is 1. The molecule has 2 heterocycles. The molecule has 1 aromatic carbocycles. The molecule has 102 valence electrons. The average Bonchev–Trinajstić information content (AvgIpc) is 2.42. The van der Waals surface area contributed by atoms with Gasteiger partial charge < -0.3 is 10.6 Å². The van der Waals surface area contributed by atoms with Gasteiger partial charge in [0.1, 0.15) is 5.82 Å². The highest BCUT2D eigenvalue weighted by atomic mass is 32.2. The Hall–Kier alpha value is -1.07. The fourth-order valence-electron chi connectivity index (χ4n) is 2.70. The maximum Gasteiger partial charge on any atom is 0.220 e. The molecule has 19 heavy (non-hydrogen) atoms. The Morgan fingerprint density at radius 2 is 2.26 bits per heavy atom. The van der Waals surface area contributed by atoms with Crippen molar-refractivity contribution in [3.8, 4) is 0 Å². The summed E-state index contributed by atoms with van der Waals surface area (Å²) in [5, 5.41) is 6.44. The molecule has 1 amide bonds. The molecule has 0 aromatic heterocycles. The molecule has 5 heteroatoms. The number of hydrogen-bond acceptors (Lipinski definition) is 3. The van der Waals surface area contributed by atoms with Gasteiger partial charge in [-0.25, -0.2) is 4.39 Å². The van der Waals surface area contributed by atoms with Crippen molar-refractivity contribution in [1.82, 2.24) is 10.6 Å². The van der Waals surface area contributed by atoms with Crippen molar-refractivity contribution in [3.05, 3.63) is 29.6 Å². The summed E-state index contributed by atoms with van der Waals surface area (Å²) < 4.78 is 13.4. The third-order valence-electron chi connectivity index (χ3n) is 3.71. The lowest BCUT2D eigenvalue weighted by molar-refractivity contribution is -0.122. The topological polar surface area (TPSA) is 41.1 Å². The number of thioether (sulfide) groups is 1. The molecule has 2 aliphatic rings. The smallest absolute Gasteiger partial charge is 0.220 e. The molecule has 3 nitrogen and oxygen atoms in total. The number of hydrogen-bond donors (Lipinski definition) is 2. The molecular formula is C14H17FN2OS. The van der Waals surface area contributed by atoms with E-state index < -0.39 is 0 Å². The Labute approximate surface area is 116 Å². The van der Waals surface area contributed by atoms with Crippen LogP contribution >= 0.6 is 11.8 Å². The molecule has 1 aromatic rings. The second-order valence-electron chi connectivity index (χ2n) is 5.08. The second kappa shape index (κ2) is 5.51. The first-order valence-corrected chi connectivity index (χ1v) is 7.66. The van der Waals surface area contributed by atoms with Crippen LogP contribution in [0.4, 0.5) is 4.39 Å². The Bertz CT molecular complexity index is 484. The van der Waals surface area contributed by atoms with Gasteiger partial charge in [-0.3, -0.25) is 4.79 Å². The van der Waals surface area contributed by atoms with Crippen molar-refractivity contribution in [2.75, 3.05) is 12.3 Å². The van der Waals surface area contributed by atoms with E-state index in [4.69, 9.17) is 0 Å². The number of rotatable bonds is 2. The van der Waals surface area contributed by atoms with E-state index >= 15 is 0 Å². The monoisotopic (exact) mass is 280 g/mol. The van der Waals surface area contributed by atoms with Crippen LogP contribution in [0.3, 0.4) is 0 Å². The van der Waals surface area contributed by atoms with Crippen LogP contribution in [0, 0.1) is 5.82 Å². The maximum absolute atomic E-state index is 13.4. The minimum Gasteiger partial charge on any atom is -0.355 e. The van der Waals surface area contributed by atoms with Gasteiger partial charge in [-0.1, -0.05) is 0 Å². The van der Waals surface area contributed by atoms with Crippen LogP contribution in [0.5, 0.6) is 0 Å². The summed E-state index contributed by atoms with van der Waals surface area (Å²) in [6.07, 6.45) is 2.45. The summed E-state index contributed by atoms with van der Waals surface area (Å²) in [5.41, 5.74) is 1.06. The van der Waals surface area contributed by atoms with Crippen molar-refractivity contribution < 1.29 is 9.18 Å². The zero-order valence-corrected chi connectivity index (χ0v) is 11.4. The number of halogens is 1. The first-order chi connectivity index (χ1) is 9.22. The number of nitrogens with one attached hydrogen (secondary N) is 2. The summed E-state index contributed by atoms with van der Waals surface area (Å²) in [4.78, 5) is 12.3. The van der Waals surface area contributed by atoms with Gasteiger partial charge in [0.05, 0.1) is 0 Å². The van der Waals surface area contributed by atoms with E-state index in [0.717, 1.165) is 24.2 Å². The van der Waals surface area contributed by atoms with Crippen molar-refractivity contribution in [3.63, 3.8) is 0 Å². The van der Waals surface area contributed by atoms with Gasteiger partial charge in [0.2, 0.25) is 5.91 Å². The zero-order chi connectivity index (χ0) is 13.2. The lowest BCUT2D eigenvalue weighted by Gasteiger charge is -2.32. The van der Waals surface area contributed by atoms with Gasteiger partial charge in [0, 0.05) is 29.9 Å². The molecule has 0 saturated carbocycles. The molecule has 0 radical (unpaired) electrons. The maximum atomic E-state index is 13.4. The Balaban J connectivity index is 1.72. The molecule has 2 unspecified atom stereocenters. The normalized spacial score (nSPS) is 26.7. The minimum absolute atomic E-state index is 0.128. The number of amides is 1. The van der Waals surface area contributed by atoms with E-state index in [1.165, 1.54) is 11.0 Å². The van der Waals surface area contributed by atoms with E-state index in [-0.39, 0.29) is 17.8 Å². The summed E-state index contributed by atoms with van der Waals surface area (Å²) >= 11 is 1.79. The summed E-state index contributed by atoms with van der Waals surface area (Å²) in [5.74, 6) is 1.00. The standard InChI is InChI=1S/C14H17FN2OS/c15-9-1-3-13-11(7-9)12(5-6-19-13)17-10-2-4-14(18)16-8-10/h1,3,7,10,12,17H,2,4-6,8H2,(H,16,18). The van der Waals surface area contributed by atoms with Crippen molar-refractivity contribution in [1.29, 1.82) is 0 Å². The summed E-state index contributed by atoms with van der Waals surface area (Å²) in [6.45, 7) is 0.674. The highest BCUT2D eigenvalue weighted by molar-refractivity contribution is 7.99. The van der Waals surface area contributed by atoms with Crippen LogP contribution in [0.25, 0.3) is 0 Å². The van der Waals surface area contributed by atoms with Crippen LogP contribution in [-0.2, 0) is 4.79 Å². The number of carbonyl (C=O) groups is 1. The molecule has 2 aliphatic heterocycles. The lowest BCUT2D eigenvalue weighted by Crippen LogP contribution is -2.47. The number of piperidine rings is 1. The first-order valence-electron chi connectivity index (χ1n) is 6.67. The summed E-state index contributed by atoms with van der Waals surface area (Å²) in [6, 6.07) is 5.52. The van der Waals surface area contributed by atoms with Crippen LogP contribution in [-0.4, -0.2) is 24.2 Å². The van der Waals surface area contributed by atoms with Crippen LogP contribution < -0.4 is 10.6 Å². The highest BCUT2D eigenvalue weighted by Gasteiger charge is 2.25. The predicted octanol–water partition coefficient (Wildman–Crippen LogP) is 2.23. The molecule has 2 atom stereocenters. The van der Waals surface area contributed by atoms with Crippen molar-refractivity contribution >= 4 is 17.7 Å². The van der Waals surface area contributed by atoms with E-state index in [9.17, 15) is 9.18 Å². The van der Waals surface area contributed by atoms with Crippen molar-refractivity contribution in [2.24, 2.45) is 0 Å². The van der Waals surface area contributed by atoms with Crippen molar-refractivity contribution in [2.45, 2.75) is 36.2 Å². The van der Waals surface area contributed by atoms with Crippen LogP contribution in [0.15, 0.2) is 23.1 Å². The molecule has 1 saturated heterocycles. The largest absolute Gasteiger partial charge is 0.355 e. The molecule has 0 spiro atoms. The van der Waals surface area contributed by atoms with Gasteiger partial charge in [0.15, 0.2) is 0 Å². The molecule has 0 bridgehead atoms. The quantitative estimate of drug-likeness (QED) is 0.873. The molecule has 1 fully saturated rings. The van der Waals surface area contributed by atoms with Crippen LogP contribution in [0.2, 0.25) is 0 Å². The first kappa shape index (κ1) is 12.9. The number of fused-ring (bicyclic) bond motifs is 1. The molecule has 3 rings (SSSR count). The van der Waals surface area contributed by atoms with Crippen LogP contribution in [0.1, 0.15) is 30.9 Å². The Kier molecular flexibility index (Phi) is 3.75. The van der Waals surface area contributed by atoms with Gasteiger partial charge in [-0.2, -0.15) is 0 Å². The van der Waals surface area contributed by atoms with Gasteiger partial charge in [0.25, 0.3) is 0 Å². The van der Waals surface area contributed by atoms with Gasteiger partial charge >= 0.3 is 0 Å². The van der Waals surface area contributed by atoms with Gasteiger partial charge in [-0.05, 0) is 42.4 Å². The zero-order valence-electron chi connectivity index (χ0n) is 10.6. The average molecular weight is 280 g/mol. The SMILES string of the molecule is O=C1CCC(NC2CCSc3ccc(F)cc32)CN1. The molecule has 2 N–H and O–H groups in total. The fraction of sp³-hybridized carbons (Fsp3) is 0.500. The molecule has 0 aliphatic carbocycles. The van der Waals surface area contributed by atoms with E-state index in [0.29, 0.717) is 19.0 Å². The molecular weight excluding hydrogens is 263 g/mol. The van der Waals surface area contributed by atoms with E-state index in [1.54, 1.807) is 17.8 Å². The Morgan fingerprint density at radius 3 is 3.05 bits per heavy atom. The van der Waals surface area contributed by atoms with E-state index in [1.807, 2.05) is 6.07 Å². The predicted molar refractivity (Wildman–Crippen MR) is 73.6 cm³/mol. The second-order valence-corrected chi connectivity index (χ2v) is 6.21. The minimum atomic E-state index is -0.176. The fourth-order valence-corrected chi connectivity index (χ4v) is 3.80. The summed E-state index contributed by atoms with van der Waals surface area (Å²) in [7, 11) is 0. The third-order valence-corrected chi connectivity index (χ3v) is 4.84. The third kappa shape index (κ3) is 2.92. The Morgan fingerprint density at radius 1 is 1.37 bits per heavy atom. The van der Waals surface area contributed by atoms with E-state index in [2.05, 4.69) is 10.6 Å². The highest BCUT2D eigenvalue weighted by Crippen LogP contribution is 2.36. The number of carbonyl (C=O) groups excluding carboxylic acids is 1.